The van der Waals surface area contributed by atoms with Crippen LogP contribution in [0.5, 0.6) is 0 Å². The van der Waals surface area contributed by atoms with Gasteiger partial charge in [0.2, 0.25) is 0 Å². The van der Waals surface area contributed by atoms with E-state index in [2.05, 4.69) is 24.1 Å². The molecule has 1 unspecified atom stereocenters. The number of hydrogen-bond donors (Lipinski definition) is 3. The third-order valence-corrected chi connectivity index (χ3v) is 2.97. The summed E-state index contributed by atoms with van der Waals surface area (Å²) in [6, 6.07) is 1.94. The van der Waals surface area contributed by atoms with Crippen LogP contribution in [-0.2, 0) is 0 Å². The minimum Gasteiger partial charge on any atom is -0.365 e. The van der Waals surface area contributed by atoms with E-state index in [4.69, 9.17) is 11.5 Å². The standard InChI is InChI=1S/C14H24N4O/c1-8(2)5-11(7-15)18-14-12(13(16)19)9(3)6-10(4)17-14/h6,8,11H,5,7,15H2,1-4H3,(H2,16,19)(H,17,18). The molecule has 1 aromatic heterocycles. The highest BCUT2D eigenvalue weighted by molar-refractivity contribution is 5.99. The van der Waals surface area contributed by atoms with Crippen molar-refractivity contribution in [1.82, 2.24) is 4.98 Å². The largest absolute Gasteiger partial charge is 0.365 e. The summed E-state index contributed by atoms with van der Waals surface area (Å²) in [7, 11) is 0. The second-order valence-corrected chi connectivity index (χ2v) is 5.37. The van der Waals surface area contributed by atoms with Crippen molar-refractivity contribution in [2.75, 3.05) is 11.9 Å². The zero-order chi connectivity index (χ0) is 14.6. The van der Waals surface area contributed by atoms with Crippen molar-refractivity contribution in [2.45, 2.75) is 40.2 Å². The van der Waals surface area contributed by atoms with E-state index >= 15 is 0 Å². The number of aromatic nitrogens is 1. The lowest BCUT2D eigenvalue weighted by Crippen LogP contribution is -2.32. The number of aryl methyl sites for hydroxylation is 2. The van der Waals surface area contributed by atoms with Gasteiger partial charge in [0.1, 0.15) is 5.82 Å². The maximum absolute atomic E-state index is 11.6. The first kappa shape index (κ1) is 15.4. The van der Waals surface area contributed by atoms with E-state index in [1.54, 1.807) is 0 Å². The molecule has 0 saturated carbocycles. The minimum absolute atomic E-state index is 0.0896. The molecule has 1 heterocycles. The summed E-state index contributed by atoms with van der Waals surface area (Å²) in [5, 5.41) is 3.25. The molecule has 1 atom stereocenters. The summed E-state index contributed by atoms with van der Waals surface area (Å²) in [5.74, 6) is 0.595. The van der Waals surface area contributed by atoms with Gasteiger partial charge in [-0.25, -0.2) is 4.98 Å². The summed E-state index contributed by atoms with van der Waals surface area (Å²) in [6.07, 6.45) is 0.920. The Balaban J connectivity index is 3.07. The van der Waals surface area contributed by atoms with Crippen molar-refractivity contribution in [3.8, 4) is 0 Å². The fraction of sp³-hybridized carbons (Fsp3) is 0.571. The molecule has 0 aromatic carbocycles. The molecule has 1 amide bonds. The lowest BCUT2D eigenvalue weighted by atomic mass is 10.0. The molecule has 0 saturated heterocycles. The van der Waals surface area contributed by atoms with Gasteiger partial charge >= 0.3 is 0 Å². The van der Waals surface area contributed by atoms with Gasteiger partial charge in [-0.2, -0.15) is 0 Å². The molecule has 106 valence electrons. The first-order chi connectivity index (χ1) is 8.85. The Kier molecular flexibility index (Phi) is 5.30. The summed E-state index contributed by atoms with van der Waals surface area (Å²) in [5.41, 5.74) is 13.3. The van der Waals surface area contributed by atoms with Crippen LogP contribution in [-0.4, -0.2) is 23.5 Å². The van der Waals surface area contributed by atoms with E-state index in [0.717, 1.165) is 17.7 Å². The molecule has 0 aliphatic carbocycles. The molecular weight excluding hydrogens is 240 g/mol. The Hall–Kier alpha value is -1.62. The molecule has 0 aliphatic heterocycles. The lowest BCUT2D eigenvalue weighted by Gasteiger charge is -2.21. The Labute approximate surface area is 114 Å². The van der Waals surface area contributed by atoms with Crippen molar-refractivity contribution in [3.05, 3.63) is 22.9 Å². The Morgan fingerprint density at radius 3 is 2.53 bits per heavy atom. The van der Waals surface area contributed by atoms with Crippen molar-refractivity contribution in [3.63, 3.8) is 0 Å². The molecule has 5 heteroatoms. The van der Waals surface area contributed by atoms with Crippen LogP contribution in [0.3, 0.4) is 0 Å². The van der Waals surface area contributed by atoms with Gasteiger partial charge in [0.25, 0.3) is 5.91 Å². The third-order valence-electron chi connectivity index (χ3n) is 2.97. The van der Waals surface area contributed by atoms with Gasteiger partial charge in [0, 0.05) is 18.3 Å². The molecule has 0 bridgehead atoms. The van der Waals surface area contributed by atoms with Crippen LogP contribution in [0.1, 0.15) is 41.9 Å². The van der Waals surface area contributed by atoms with Crippen LogP contribution in [0.4, 0.5) is 5.82 Å². The topological polar surface area (TPSA) is 94.0 Å². The third kappa shape index (κ3) is 4.21. The van der Waals surface area contributed by atoms with Crippen LogP contribution < -0.4 is 16.8 Å². The van der Waals surface area contributed by atoms with Gasteiger partial charge in [-0.1, -0.05) is 13.8 Å². The SMILES string of the molecule is Cc1cc(C)c(C(N)=O)c(NC(CN)CC(C)C)n1. The van der Waals surface area contributed by atoms with E-state index in [1.165, 1.54) is 0 Å². The number of primary amides is 1. The average Bonchev–Trinajstić information content (AvgIpc) is 2.25. The fourth-order valence-corrected chi connectivity index (χ4v) is 2.23. The number of nitrogens with zero attached hydrogens (tertiary/aromatic N) is 1. The first-order valence-corrected chi connectivity index (χ1v) is 6.59. The van der Waals surface area contributed by atoms with E-state index in [-0.39, 0.29) is 6.04 Å². The number of nitrogens with one attached hydrogen (secondary N) is 1. The van der Waals surface area contributed by atoms with Crippen molar-refractivity contribution in [2.24, 2.45) is 17.4 Å². The monoisotopic (exact) mass is 264 g/mol. The van der Waals surface area contributed by atoms with Crippen LogP contribution in [0.2, 0.25) is 0 Å². The van der Waals surface area contributed by atoms with Crippen LogP contribution in [0.15, 0.2) is 6.07 Å². The number of hydrogen-bond acceptors (Lipinski definition) is 4. The summed E-state index contributed by atoms with van der Waals surface area (Å²) in [6.45, 7) is 8.51. The first-order valence-electron chi connectivity index (χ1n) is 6.59. The summed E-state index contributed by atoms with van der Waals surface area (Å²) in [4.78, 5) is 15.9. The van der Waals surface area contributed by atoms with Crippen LogP contribution in [0, 0.1) is 19.8 Å². The predicted octanol–water partition coefficient (Wildman–Crippen LogP) is 1.58. The number of amides is 1. The Morgan fingerprint density at radius 1 is 1.42 bits per heavy atom. The quantitative estimate of drug-likeness (QED) is 0.727. The maximum atomic E-state index is 11.6. The molecule has 0 fully saturated rings. The number of rotatable bonds is 6. The summed E-state index contributed by atoms with van der Waals surface area (Å²) >= 11 is 0. The second kappa shape index (κ2) is 6.52. The van der Waals surface area contributed by atoms with E-state index < -0.39 is 5.91 Å². The highest BCUT2D eigenvalue weighted by atomic mass is 16.1. The molecule has 5 nitrogen and oxygen atoms in total. The number of pyridine rings is 1. The number of carbonyl (C=O) groups excluding carboxylic acids is 1. The van der Waals surface area contributed by atoms with Crippen molar-refractivity contribution in [1.29, 1.82) is 0 Å². The molecule has 5 N–H and O–H groups in total. The van der Waals surface area contributed by atoms with Crippen molar-refractivity contribution >= 4 is 11.7 Å². The number of anilines is 1. The Morgan fingerprint density at radius 2 is 2.05 bits per heavy atom. The molecule has 0 spiro atoms. The zero-order valence-corrected chi connectivity index (χ0v) is 12.2. The highest BCUT2D eigenvalue weighted by Crippen LogP contribution is 2.20. The minimum atomic E-state index is -0.465. The van der Waals surface area contributed by atoms with Gasteiger partial charge in [-0.3, -0.25) is 4.79 Å². The normalized spacial score (nSPS) is 12.5. The summed E-state index contributed by atoms with van der Waals surface area (Å²) < 4.78 is 0. The lowest BCUT2D eigenvalue weighted by molar-refractivity contribution is 0.1000. The van der Waals surface area contributed by atoms with E-state index in [0.29, 0.717) is 23.8 Å². The van der Waals surface area contributed by atoms with E-state index in [1.807, 2.05) is 19.9 Å². The molecular formula is C14H24N4O. The van der Waals surface area contributed by atoms with Crippen molar-refractivity contribution < 1.29 is 4.79 Å². The van der Waals surface area contributed by atoms with Crippen LogP contribution in [0.25, 0.3) is 0 Å². The fourth-order valence-electron chi connectivity index (χ4n) is 2.23. The maximum Gasteiger partial charge on any atom is 0.252 e. The second-order valence-electron chi connectivity index (χ2n) is 5.37. The predicted molar refractivity (Wildman–Crippen MR) is 78.1 cm³/mol. The Bertz CT molecular complexity index is 457. The smallest absolute Gasteiger partial charge is 0.252 e. The molecule has 1 rings (SSSR count). The van der Waals surface area contributed by atoms with Gasteiger partial charge in [-0.05, 0) is 37.8 Å². The van der Waals surface area contributed by atoms with Gasteiger partial charge in [0.05, 0.1) is 5.56 Å². The van der Waals surface area contributed by atoms with Crippen LogP contribution >= 0.6 is 0 Å². The van der Waals surface area contributed by atoms with E-state index in [9.17, 15) is 4.79 Å². The van der Waals surface area contributed by atoms with Gasteiger partial charge in [0.15, 0.2) is 0 Å². The number of carbonyl (C=O) groups is 1. The molecule has 0 aliphatic rings. The highest BCUT2D eigenvalue weighted by Gasteiger charge is 2.17. The zero-order valence-electron chi connectivity index (χ0n) is 12.2. The van der Waals surface area contributed by atoms with Gasteiger partial charge in [-0.15, -0.1) is 0 Å². The molecule has 0 radical (unpaired) electrons. The molecule has 19 heavy (non-hydrogen) atoms. The van der Waals surface area contributed by atoms with Gasteiger partial charge < -0.3 is 16.8 Å². The average molecular weight is 264 g/mol. The molecule has 1 aromatic rings. The number of nitrogens with two attached hydrogens (primary N) is 2.